The first-order valence-electron chi connectivity index (χ1n) is 11.2. The van der Waals surface area contributed by atoms with Gasteiger partial charge >= 0.3 is 0 Å². The molecule has 31 heavy (non-hydrogen) atoms. The fourth-order valence-electron chi connectivity index (χ4n) is 5.15. The molecule has 2 aromatic carbocycles. The lowest BCUT2D eigenvalue weighted by atomic mass is 9.90. The molecule has 0 aliphatic carbocycles. The smallest absolute Gasteiger partial charge is 0.200 e. The van der Waals surface area contributed by atoms with E-state index in [1.165, 1.54) is 5.56 Å². The molecule has 1 atom stereocenters. The van der Waals surface area contributed by atoms with Crippen molar-refractivity contribution in [2.45, 2.75) is 50.9 Å². The quantitative estimate of drug-likeness (QED) is 0.730. The van der Waals surface area contributed by atoms with Gasteiger partial charge in [0.05, 0.1) is 26.0 Å². The van der Waals surface area contributed by atoms with Gasteiger partial charge in [0.25, 0.3) is 0 Å². The number of hydrazone groups is 1. The average molecular weight is 422 g/mol. The molecule has 0 N–H and O–H groups in total. The molecule has 0 bridgehead atoms. The highest BCUT2D eigenvalue weighted by Gasteiger charge is 2.52. The minimum atomic E-state index is -0.397. The van der Waals surface area contributed by atoms with Gasteiger partial charge in [0.2, 0.25) is 5.72 Å². The van der Waals surface area contributed by atoms with Crippen molar-refractivity contribution in [1.82, 2.24) is 9.91 Å². The number of hydrogen-bond acceptors (Lipinski definition) is 6. The van der Waals surface area contributed by atoms with Crippen molar-refractivity contribution in [3.05, 3.63) is 53.6 Å². The highest BCUT2D eigenvalue weighted by atomic mass is 16.5. The summed E-state index contributed by atoms with van der Waals surface area (Å²) >= 11 is 0. The summed E-state index contributed by atoms with van der Waals surface area (Å²) in [6.45, 7) is 6.55. The van der Waals surface area contributed by atoms with E-state index in [1.807, 2.05) is 12.1 Å². The molecule has 1 unspecified atom stereocenters. The van der Waals surface area contributed by atoms with Crippen molar-refractivity contribution >= 4 is 5.71 Å². The summed E-state index contributed by atoms with van der Waals surface area (Å²) in [4.78, 5) is 2.53. The van der Waals surface area contributed by atoms with Gasteiger partial charge in [-0.15, -0.1) is 0 Å². The Morgan fingerprint density at radius 1 is 1.06 bits per heavy atom. The second-order valence-corrected chi connectivity index (χ2v) is 8.89. The van der Waals surface area contributed by atoms with Gasteiger partial charge in [0.15, 0.2) is 0 Å². The normalized spacial score (nSPS) is 22.0. The number of para-hydroxylation sites is 1. The highest BCUT2D eigenvalue weighted by Crippen LogP contribution is 2.50. The maximum Gasteiger partial charge on any atom is 0.200 e. The fourth-order valence-corrected chi connectivity index (χ4v) is 5.15. The molecule has 1 fully saturated rings. The Balaban J connectivity index is 1.54. The van der Waals surface area contributed by atoms with Crippen molar-refractivity contribution < 1.29 is 14.2 Å². The Kier molecular flexibility index (Phi) is 5.05. The Morgan fingerprint density at radius 2 is 1.84 bits per heavy atom. The van der Waals surface area contributed by atoms with Gasteiger partial charge in [-0.05, 0) is 32.0 Å². The molecule has 3 aliphatic heterocycles. The Hall–Kier alpha value is -2.73. The van der Waals surface area contributed by atoms with Crippen molar-refractivity contribution in [2.24, 2.45) is 5.10 Å². The van der Waals surface area contributed by atoms with E-state index in [-0.39, 0.29) is 6.04 Å². The molecule has 6 nitrogen and oxygen atoms in total. The topological polar surface area (TPSA) is 46.5 Å². The lowest BCUT2D eigenvalue weighted by molar-refractivity contribution is -0.152. The van der Waals surface area contributed by atoms with E-state index < -0.39 is 5.72 Å². The molecule has 0 saturated carbocycles. The molecule has 0 radical (unpaired) electrons. The lowest BCUT2D eigenvalue weighted by Crippen LogP contribution is -2.59. The fraction of sp³-hybridized carbons (Fsp3) is 0.480. The van der Waals surface area contributed by atoms with Crippen molar-refractivity contribution in [3.8, 4) is 17.2 Å². The molecule has 164 valence electrons. The summed E-state index contributed by atoms with van der Waals surface area (Å²) in [5.74, 6) is 2.57. The molecular formula is C25H31N3O3. The summed E-state index contributed by atoms with van der Waals surface area (Å²) in [7, 11) is 3.37. The monoisotopic (exact) mass is 421 g/mol. The van der Waals surface area contributed by atoms with E-state index in [9.17, 15) is 0 Å². The minimum Gasteiger partial charge on any atom is -0.497 e. The van der Waals surface area contributed by atoms with Crippen LogP contribution in [0.4, 0.5) is 0 Å². The van der Waals surface area contributed by atoms with Gasteiger partial charge < -0.3 is 19.1 Å². The lowest BCUT2D eigenvalue weighted by Gasteiger charge is -2.51. The van der Waals surface area contributed by atoms with E-state index >= 15 is 0 Å². The molecule has 6 heteroatoms. The molecule has 3 heterocycles. The zero-order chi connectivity index (χ0) is 21.6. The van der Waals surface area contributed by atoms with E-state index in [0.29, 0.717) is 6.04 Å². The summed E-state index contributed by atoms with van der Waals surface area (Å²) < 4.78 is 17.8. The molecular weight excluding hydrogens is 390 g/mol. The number of methoxy groups -OCH3 is 2. The zero-order valence-electron chi connectivity index (χ0n) is 18.8. The van der Waals surface area contributed by atoms with Crippen LogP contribution in [0.15, 0.2) is 47.6 Å². The molecule has 0 aromatic heterocycles. The maximum absolute atomic E-state index is 6.72. The first-order chi connectivity index (χ1) is 15.0. The predicted octanol–water partition coefficient (Wildman–Crippen LogP) is 4.45. The number of nitrogens with zero attached hydrogens (tertiary/aromatic N) is 3. The number of rotatable bonds is 4. The molecule has 1 saturated heterocycles. The van der Waals surface area contributed by atoms with Crippen molar-refractivity contribution in [1.29, 1.82) is 0 Å². The van der Waals surface area contributed by atoms with Crippen molar-refractivity contribution in [2.75, 3.05) is 27.3 Å². The van der Waals surface area contributed by atoms with Crippen LogP contribution in [0.1, 0.15) is 50.3 Å². The average Bonchev–Trinajstić information content (AvgIpc) is 3.25. The molecule has 2 aromatic rings. The third kappa shape index (κ3) is 3.33. The zero-order valence-corrected chi connectivity index (χ0v) is 18.8. The van der Waals surface area contributed by atoms with Crippen molar-refractivity contribution in [3.63, 3.8) is 0 Å². The number of fused-ring (bicyclic) bond motifs is 4. The van der Waals surface area contributed by atoms with Gasteiger partial charge in [0.1, 0.15) is 17.2 Å². The SMILES string of the molecule is COc1ccc(C2=NN3C(C2)c2ccccc2OC32CCN(C(C)C)CC2)c(OC)c1. The van der Waals surface area contributed by atoms with Crippen LogP contribution in [0.5, 0.6) is 17.2 Å². The highest BCUT2D eigenvalue weighted by molar-refractivity contribution is 6.04. The Morgan fingerprint density at radius 3 is 2.55 bits per heavy atom. The van der Waals surface area contributed by atoms with Gasteiger partial charge in [-0.3, -0.25) is 0 Å². The molecule has 0 amide bonds. The van der Waals surface area contributed by atoms with Crippen LogP contribution >= 0.6 is 0 Å². The van der Waals surface area contributed by atoms with Crippen LogP contribution < -0.4 is 14.2 Å². The Bertz CT molecular complexity index is 995. The molecule has 3 aliphatic rings. The van der Waals surface area contributed by atoms with Gasteiger partial charge in [-0.2, -0.15) is 5.10 Å². The van der Waals surface area contributed by atoms with Crippen LogP contribution in [0.25, 0.3) is 0 Å². The van der Waals surface area contributed by atoms with Gasteiger partial charge in [-0.1, -0.05) is 18.2 Å². The standard InChI is InChI=1S/C25H31N3O3/c1-17(2)27-13-11-25(12-14-27)28-22(20-7-5-6-8-23(20)31-25)16-21(26-28)19-10-9-18(29-3)15-24(19)30-4/h5-10,15,17,22H,11-14,16H2,1-4H3. The summed E-state index contributed by atoms with van der Waals surface area (Å²) in [6.07, 6.45) is 2.71. The van der Waals surface area contributed by atoms with Crippen LogP contribution in [-0.2, 0) is 0 Å². The predicted molar refractivity (Wildman–Crippen MR) is 121 cm³/mol. The number of hydrogen-bond donors (Lipinski definition) is 0. The van der Waals surface area contributed by atoms with Crippen LogP contribution in [-0.4, -0.2) is 54.7 Å². The second kappa shape index (κ2) is 7.75. The number of ether oxygens (including phenoxy) is 3. The largest absolute Gasteiger partial charge is 0.497 e. The third-order valence-corrected chi connectivity index (χ3v) is 6.94. The maximum atomic E-state index is 6.72. The Labute approximate surface area is 184 Å². The van der Waals surface area contributed by atoms with Gasteiger partial charge in [0, 0.05) is 55.6 Å². The number of likely N-dealkylation sites (tertiary alicyclic amines) is 1. The van der Waals surface area contributed by atoms with E-state index in [2.05, 4.69) is 54.1 Å². The third-order valence-electron chi connectivity index (χ3n) is 6.94. The van der Waals surface area contributed by atoms with Crippen LogP contribution in [0.2, 0.25) is 0 Å². The minimum absolute atomic E-state index is 0.178. The number of benzene rings is 2. The van der Waals surface area contributed by atoms with Crippen LogP contribution in [0, 0.1) is 0 Å². The van der Waals surface area contributed by atoms with Crippen LogP contribution in [0.3, 0.4) is 0 Å². The van der Waals surface area contributed by atoms with E-state index in [1.54, 1.807) is 14.2 Å². The summed E-state index contributed by atoms with van der Waals surface area (Å²) in [6, 6.07) is 15.1. The second-order valence-electron chi connectivity index (χ2n) is 8.89. The number of piperidine rings is 1. The van der Waals surface area contributed by atoms with Gasteiger partial charge in [-0.25, -0.2) is 5.01 Å². The van der Waals surface area contributed by atoms with E-state index in [0.717, 1.165) is 60.9 Å². The molecule has 5 rings (SSSR count). The molecule has 1 spiro atoms. The van der Waals surface area contributed by atoms with E-state index in [4.69, 9.17) is 19.3 Å². The summed E-state index contributed by atoms with van der Waals surface area (Å²) in [5, 5.41) is 7.43. The first kappa shape index (κ1) is 20.2. The first-order valence-corrected chi connectivity index (χ1v) is 11.2. The summed E-state index contributed by atoms with van der Waals surface area (Å²) in [5.41, 5.74) is 2.87.